The summed E-state index contributed by atoms with van der Waals surface area (Å²) < 4.78 is 0. The molecule has 0 amide bonds. The molecule has 0 aromatic carbocycles. The van der Waals surface area contributed by atoms with Crippen LogP contribution in [0.25, 0.3) is 0 Å². The van der Waals surface area contributed by atoms with Gasteiger partial charge in [0.15, 0.2) is 0 Å². The first-order valence-corrected chi connectivity index (χ1v) is 5.15. The molecule has 0 unspecified atom stereocenters. The predicted molar refractivity (Wildman–Crippen MR) is 65.6 cm³/mol. The van der Waals surface area contributed by atoms with Crippen LogP contribution in [0.1, 0.15) is 42.6 Å². The van der Waals surface area contributed by atoms with E-state index in [-0.39, 0.29) is 30.8 Å². The van der Waals surface area contributed by atoms with Crippen molar-refractivity contribution >= 4 is 12.4 Å². The number of aromatic nitrogens is 1. The van der Waals surface area contributed by atoms with E-state index in [9.17, 15) is 5.11 Å². The summed E-state index contributed by atoms with van der Waals surface area (Å²) in [6.07, 6.45) is 3.29. The summed E-state index contributed by atoms with van der Waals surface area (Å²) in [5.74, 6) is 0.113. The lowest BCUT2D eigenvalue weighted by atomic mass is 9.98. The second-order valence-corrected chi connectivity index (χ2v) is 3.68. The second-order valence-electron chi connectivity index (χ2n) is 3.68. The quantitative estimate of drug-likeness (QED) is 0.757. The van der Waals surface area contributed by atoms with E-state index in [2.05, 4.69) is 4.98 Å². The van der Waals surface area contributed by atoms with Gasteiger partial charge in [-0.2, -0.15) is 0 Å². The van der Waals surface area contributed by atoms with Gasteiger partial charge in [-0.3, -0.25) is 4.98 Å². The van der Waals surface area contributed by atoms with Gasteiger partial charge in [0.05, 0.1) is 12.3 Å². The molecule has 0 aliphatic carbocycles. The van der Waals surface area contributed by atoms with Crippen molar-refractivity contribution in [2.24, 2.45) is 5.73 Å². The Morgan fingerprint density at radius 2 is 2.12 bits per heavy atom. The number of rotatable bonds is 4. The predicted octanol–water partition coefficient (Wildman–Crippen LogP) is 1.81. The van der Waals surface area contributed by atoms with Crippen molar-refractivity contribution in [1.29, 1.82) is 0 Å². The van der Waals surface area contributed by atoms with Crippen molar-refractivity contribution in [3.8, 4) is 5.75 Å². The Balaban J connectivity index is 0.00000225. The molecule has 0 bridgehead atoms. The second kappa shape index (κ2) is 6.68. The summed E-state index contributed by atoms with van der Waals surface area (Å²) in [5, 5.41) is 19.0. The van der Waals surface area contributed by atoms with Crippen LogP contribution < -0.4 is 5.73 Å². The Morgan fingerprint density at radius 1 is 1.50 bits per heavy atom. The minimum absolute atomic E-state index is 0. The van der Waals surface area contributed by atoms with E-state index in [1.165, 1.54) is 0 Å². The van der Waals surface area contributed by atoms with Crippen LogP contribution in [0.15, 0.2) is 6.20 Å². The van der Waals surface area contributed by atoms with E-state index in [4.69, 9.17) is 10.8 Å². The van der Waals surface area contributed by atoms with Crippen LogP contribution in [0, 0.1) is 6.92 Å². The number of aromatic hydroxyl groups is 1. The summed E-state index contributed by atoms with van der Waals surface area (Å²) in [6.45, 7) is 3.61. The number of hydrogen-bond donors (Lipinski definition) is 3. The molecule has 0 saturated carbocycles. The first-order valence-electron chi connectivity index (χ1n) is 5.15. The van der Waals surface area contributed by atoms with Gasteiger partial charge in [0, 0.05) is 23.4 Å². The van der Waals surface area contributed by atoms with Gasteiger partial charge < -0.3 is 15.9 Å². The van der Waals surface area contributed by atoms with Crippen molar-refractivity contribution < 1.29 is 10.2 Å². The standard InChI is InChI=1S/C11H18N2O2.ClH/c1-3-4-9(12)10-8(6-14)5-13-7(2)11(10)15;/h5,9,14-15H,3-4,6,12H2,1-2H3;1H/t9-;/m1./s1. The zero-order chi connectivity index (χ0) is 11.4. The van der Waals surface area contributed by atoms with Gasteiger partial charge in [-0.05, 0) is 13.3 Å². The molecule has 1 atom stereocenters. The Labute approximate surface area is 102 Å². The molecule has 16 heavy (non-hydrogen) atoms. The van der Waals surface area contributed by atoms with Crippen molar-refractivity contribution in [2.75, 3.05) is 0 Å². The van der Waals surface area contributed by atoms with E-state index in [1.54, 1.807) is 13.1 Å². The van der Waals surface area contributed by atoms with Gasteiger partial charge in [-0.15, -0.1) is 12.4 Å². The molecule has 0 aliphatic heterocycles. The van der Waals surface area contributed by atoms with Crippen LogP contribution in [0.3, 0.4) is 0 Å². The lowest BCUT2D eigenvalue weighted by Gasteiger charge is -2.17. The molecule has 5 heteroatoms. The summed E-state index contributed by atoms with van der Waals surface area (Å²) in [5.41, 5.74) is 7.74. The van der Waals surface area contributed by atoms with Crippen LogP contribution in [-0.2, 0) is 6.61 Å². The number of aliphatic hydroxyl groups is 1. The normalized spacial score (nSPS) is 12.0. The summed E-state index contributed by atoms with van der Waals surface area (Å²) in [6, 6.07) is -0.237. The SMILES string of the molecule is CCC[C@@H](N)c1c(CO)cnc(C)c1O.Cl. The fourth-order valence-corrected chi connectivity index (χ4v) is 1.65. The van der Waals surface area contributed by atoms with E-state index >= 15 is 0 Å². The van der Waals surface area contributed by atoms with Gasteiger partial charge >= 0.3 is 0 Å². The minimum Gasteiger partial charge on any atom is -0.506 e. The molecule has 0 radical (unpaired) electrons. The summed E-state index contributed by atoms with van der Waals surface area (Å²) >= 11 is 0. The molecule has 0 saturated heterocycles. The molecule has 0 aliphatic rings. The fraction of sp³-hybridized carbons (Fsp3) is 0.545. The average Bonchev–Trinajstić information content (AvgIpc) is 2.22. The van der Waals surface area contributed by atoms with E-state index < -0.39 is 0 Å². The van der Waals surface area contributed by atoms with Gasteiger partial charge in [-0.25, -0.2) is 0 Å². The van der Waals surface area contributed by atoms with Crippen LogP contribution in [-0.4, -0.2) is 15.2 Å². The van der Waals surface area contributed by atoms with Gasteiger partial charge in [-0.1, -0.05) is 13.3 Å². The van der Waals surface area contributed by atoms with Crippen LogP contribution >= 0.6 is 12.4 Å². The molecule has 4 N–H and O–H groups in total. The monoisotopic (exact) mass is 246 g/mol. The molecule has 1 rings (SSSR count). The maximum absolute atomic E-state index is 9.85. The number of nitrogens with two attached hydrogens (primary N) is 1. The molecule has 1 aromatic rings. The van der Waals surface area contributed by atoms with Crippen molar-refractivity contribution in [1.82, 2.24) is 4.98 Å². The van der Waals surface area contributed by atoms with Gasteiger partial charge in [0.25, 0.3) is 0 Å². The Morgan fingerprint density at radius 3 is 2.62 bits per heavy atom. The zero-order valence-electron chi connectivity index (χ0n) is 9.60. The molecule has 1 heterocycles. The number of nitrogens with zero attached hydrogens (tertiary/aromatic N) is 1. The summed E-state index contributed by atoms with van der Waals surface area (Å²) in [7, 11) is 0. The lowest BCUT2D eigenvalue weighted by molar-refractivity contribution is 0.277. The number of pyridine rings is 1. The summed E-state index contributed by atoms with van der Waals surface area (Å²) in [4.78, 5) is 3.99. The Hall–Kier alpha value is -0.840. The highest BCUT2D eigenvalue weighted by atomic mass is 35.5. The zero-order valence-corrected chi connectivity index (χ0v) is 10.4. The van der Waals surface area contributed by atoms with Crippen molar-refractivity contribution in [2.45, 2.75) is 39.3 Å². The molecular formula is C11H19ClN2O2. The first kappa shape index (κ1) is 15.2. The maximum atomic E-state index is 9.85. The van der Waals surface area contributed by atoms with Crippen molar-refractivity contribution in [3.63, 3.8) is 0 Å². The molecule has 0 spiro atoms. The van der Waals surface area contributed by atoms with Crippen LogP contribution in [0.2, 0.25) is 0 Å². The fourth-order valence-electron chi connectivity index (χ4n) is 1.65. The van der Waals surface area contributed by atoms with Crippen LogP contribution in [0.5, 0.6) is 5.75 Å². The first-order chi connectivity index (χ1) is 7.11. The van der Waals surface area contributed by atoms with E-state index in [0.717, 1.165) is 12.8 Å². The lowest BCUT2D eigenvalue weighted by Crippen LogP contribution is -2.13. The highest BCUT2D eigenvalue weighted by Crippen LogP contribution is 2.30. The van der Waals surface area contributed by atoms with E-state index in [0.29, 0.717) is 16.8 Å². The number of aliphatic hydroxyl groups excluding tert-OH is 1. The maximum Gasteiger partial charge on any atom is 0.141 e. The third kappa shape index (κ3) is 3.07. The van der Waals surface area contributed by atoms with Gasteiger partial charge in [0.1, 0.15) is 5.75 Å². The Bertz CT molecular complexity index is 345. The Kier molecular flexibility index (Phi) is 6.33. The third-order valence-electron chi connectivity index (χ3n) is 2.50. The molecule has 1 aromatic heterocycles. The smallest absolute Gasteiger partial charge is 0.141 e. The van der Waals surface area contributed by atoms with Crippen molar-refractivity contribution in [3.05, 3.63) is 23.0 Å². The number of halogens is 1. The largest absolute Gasteiger partial charge is 0.506 e. The number of hydrogen-bond acceptors (Lipinski definition) is 4. The highest BCUT2D eigenvalue weighted by Gasteiger charge is 2.17. The topological polar surface area (TPSA) is 79.4 Å². The van der Waals surface area contributed by atoms with E-state index in [1.807, 2.05) is 6.92 Å². The molecule has 4 nitrogen and oxygen atoms in total. The van der Waals surface area contributed by atoms with Gasteiger partial charge in [0.2, 0.25) is 0 Å². The molecule has 0 fully saturated rings. The molecular weight excluding hydrogens is 228 g/mol. The third-order valence-corrected chi connectivity index (χ3v) is 2.50. The molecule has 92 valence electrons. The number of aryl methyl sites for hydroxylation is 1. The highest BCUT2D eigenvalue weighted by molar-refractivity contribution is 5.85. The van der Waals surface area contributed by atoms with Crippen LogP contribution in [0.4, 0.5) is 0 Å². The minimum atomic E-state index is -0.237. The average molecular weight is 247 g/mol.